The van der Waals surface area contributed by atoms with E-state index in [0.29, 0.717) is 6.61 Å². The van der Waals surface area contributed by atoms with Crippen molar-refractivity contribution in [2.45, 2.75) is 37.3 Å². The molecular weight excluding hydrogens is 422 g/mol. The molecule has 2 fully saturated rings. The molecule has 7 nitrogen and oxygen atoms in total. The zero-order valence-corrected chi connectivity index (χ0v) is 16.4. The van der Waals surface area contributed by atoms with E-state index in [1.54, 1.807) is 12.3 Å². The van der Waals surface area contributed by atoms with Gasteiger partial charge in [0.15, 0.2) is 5.82 Å². The van der Waals surface area contributed by atoms with Crippen LogP contribution in [0.3, 0.4) is 0 Å². The van der Waals surface area contributed by atoms with E-state index in [9.17, 15) is 17.6 Å². The fourth-order valence-corrected chi connectivity index (χ4v) is 3.59. The summed E-state index contributed by atoms with van der Waals surface area (Å²) in [5, 5.41) is 7.12. The predicted octanol–water partition coefficient (Wildman–Crippen LogP) is 3.06. The zero-order valence-electron chi connectivity index (χ0n) is 16.4. The number of hydrogen-bond donors (Lipinski definition) is 1. The van der Waals surface area contributed by atoms with Gasteiger partial charge in [0.25, 0.3) is 5.88 Å². The molecule has 31 heavy (non-hydrogen) atoms. The predicted molar refractivity (Wildman–Crippen MR) is 99.7 cm³/mol. The molecule has 0 saturated carbocycles. The minimum absolute atomic E-state index is 0.0633. The number of nitrogens with zero attached hydrogens (tertiary/aromatic N) is 3. The van der Waals surface area contributed by atoms with Gasteiger partial charge < -0.3 is 14.6 Å². The van der Waals surface area contributed by atoms with Gasteiger partial charge in [-0.2, -0.15) is 13.2 Å². The van der Waals surface area contributed by atoms with Crippen LogP contribution >= 0.6 is 0 Å². The minimum Gasteiger partial charge on any atom is -0.475 e. The van der Waals surface area contributed by atoms with E-state index >= 15 is 0 Å². The Hall–Kier alpha value is -2.79. The molecule has 2 aliphatic heterocycles. The van der Waals surface area contributed by atoms with Crippen LogP contribution in [0.5, 0.6) is 5.88 Å². The molecule has 2 saturated heterocycles. The monoisotopic (exact) mass is 443 g/mol. The smallest absolute Gasteiger partial charge is 0.475 e. The van der Waals surface area contributed by atoms with Crippen molar-refractivity contribution in [2.75, 3.05) is 19.7 Å². The molecule has 0 amide bonds. The van der Waals surface area contributed by atoms with Gasteiger partial charge in [-0.15, -0.1) is 0 Å². The number of carboxylic acids is 1. The number of alkyl halides is 3. The summed E-state index contributed by atoms with van der Waals surface area (Å²) in [6.07, 6.45) is 1.73. The number of aromatic nitrogens is 2. The quantitative estimate of drug-likeness (QED) is 0.727. The lowest BCUT2D eigenvalue weighted by molar-refractivity contribution is -0.192. The Morgan fingerprint density at radius 3 is 2.71 bits per heavy atom. The van der Waals surface area contributed by atoms with E-state index in [4.69, 9.17) is 19.4 Å². The van der Waals surface area contributed by atoms with Crippen LogP contribution in [0, 0.1) is 5.82 Å². The highest BCUT2D eigenvalue weighted by atomic mass is 19.4. The van der Waals surface area contributed by atoms with Crippen LogP contribution in [0.1, 0.15) is 18.4 Å². The molecule has 0 aromatic carbocycles. The third kappa shape index (κ3) is 6.34. The van der Waals surface area contributed by atoms with Gasteiger partial charge in [-0.3, -0.25) is 9.88 Å². The Balaban J connectivity index is 0.000000339. The summed E-state index contributed by atoms with van der Waals surface area (Å²) in [4.78, 5) is 19.4. The van der Waals surface area contributed by atoms with Crippen molar-refractivity contribution < 1.29 is 36.9 Å². The lowest BCUT2D eigenvalue weighted by Gasteiger charge is -2.23. The molecule has 2 atom stereocenters. The minimum atomic E-state index is -5.08. The van der Waals surface area contributed by atoms with E-state index in [-0.39, 0.29) is 17.6 Å². The fourth-order valence-electron chi connectivity index (χ4n) is 3.59. The van der Waals surface area contributed by atoms with Crippen molar-refractivity contribution in [3.63, 3.8) is 0 Å². The first-order chi connectivity index (χ1) is 14.7. The van der Waals surface area contributed by atoms with Crippen LogP contribution in [0.15, 0.2) is 42.9 Å². The molecule has 4 heterocycles. The van der Waals surface area contributed by atoms with Gasteiger partial charge in [0.1, 0.15) is 6.10 Å². The lowest BCUT2D eigenvalue weighted by Crippen LogP contribution is -2.33. The second-order valence-corrected chi connectivity index (χ2v) is 7.35. The molecule has 1 N–H and O–H groups in total. The SMILES string of the molecule is Fc1cccnc1O[C@H]1CO[C@@]2(CCN(Cc3cccnc3)C2)C1.O=C(O)C(F)(F)F. The maximum Gasteiger partial charge on any atom is 0.490 e. The number of carbonyl (C=O) groups is 1. The van der Waals surface area contributed by atoms with Gasteiger partial charge in [0, 0.05) is 44.6 Å². The highest BCUT2D eigenvalue weighted by Crippen LogP contribution is 2.37. The number of pyridine rings is 2. The Bertz CT molecular complexity index is 884. The number of carboxylic acid groups (broad SMARTS) is 1. The molecule has 2 aromatic rings. The first-order valence-corrected chi connectivity index (χ1v) is 9.49. The topological polar surface area (TPSA) is 84.8 Å². The molecule has 1 spiro atoms. The van der Waals surface area contributed by atoms with Crippen LogP contribution < -0.4 is 4.74 Å². The molecule has 2 aromatic heterocycles. The maximum atomic E-state index is 13.7. The molecule has 0 unspecified atom stereocenters. The highest BCUT2D eigenvalue weighted by Gasteiger charge is 2.46. The van der Waals surface area contributed by atoms with Gasteiger partial charge in [-0.05, 0) is 30.2 Å². The van der Waals surface area contributed by atoms with Crippen LogP contribution in [-0.4, -0.2) is 63.5 Å². The number of likely N-dealkylation sites (tertiary alicyclic amines) is 1. The first-order valence-electron chi connectivity index (χ1n) is 9.49. The molecule has 4 rings (SSSR count). The number of rotatable bonds is 4. The molecule has 0 aliphatic carbocycles. The molecule has 0 radical (unpaired) electrons. The van der Waals surface area contributed by atoms with E-state index < -0.39 is 18.0 Å². The van der Waals surface area contributed by atoms with Crippen molar-refractivity contribution in [3.05, 3.63) is 54.2 Å². The average Bonchev–Trinajstić information content (AvgIpc) is 3.30. The van der Waals surface area contributed by atoms with Gasteiger partial charge in [-0.1, -0.05) is 6.07 Å². The van der Waals surface area contributed by atoms with Crippen molar-refractivity contribution >= 4 is 5.97 Å². The number of aliphatic carboxylic acids is 1. The second kappa shape index (κ2) is 9.56. The summed E-state index contributed by atoms with van der Waals surface area (Å²) in [7, 11) is 0. The normalized spacial score (nSPS) is 23.4. The van der Waals surface area contributed by atoms with Crippen LogP contribution in [0.4, 0.5) is 17.6 Å². The standard InChI is InChI=1S/C18H20FN3O2.C2HF3O2/c19-16-4-2-7-21-17(16)24-15-9-18(23-12-15)5-8-22(13-18)11-14-3-1-6-20-10-14;3-2(4,5)1(6)7/h1-4,6-7,10,15H,5,8-9,11-13H2;(H,6,7)/t15-,18+;/m1./s1. The molecule has 11 heteroatoms. The Morgan fingerprint density at radius 2 is 2.06 bits per heavy atom. The molecular formula is C20H21F4N3O4. The fraction of sp³-hybridized carbons (Fsp3) is 0.450. The Kier molecular flexibility index (Phi) is 7.06. The summed E-state index contributed by atoms with van der Waals surface area (Å²) < 4.78 is 57.2. The summed E-state index contributed by atoms with van der Waals surface area (Å²) >= 11 is 0. The van der Waals surface area contributed by atoms with E-state index in [1.165, 1.54) is 17.8 Å². The van der Waals surface area contributed by atoms with Crippen molar-refractivity contribution in [3.8, 4) is 5.88 Å². The highest BCUT2D eigenvalue weighted by molar-refractivity contribution is 5.73. The second-order valence-electron chi connectivity index (χ2n) is 7.35. The average molecular weight is 443 g/mol. The molecule has 2 aliphatic rings. The Morgan fingerprint density at radius 1 is 1.32 bits per heavy atom. The van der Waals surface area contributed by atoms with Gasteiger partial charge in [-0.25, -0.2) is 14.2 Å². The number of halogens is 4. The van der Waals surface area contributed by atoms with Crippen LogP contribution in [-0.2, 0) is 16.1 Å². The summed E-state index contributed by atoms with van der Waals surface area (Å²) in [6, 6.07) is 6.96. The molecule has 168 valence electrons. The van der Waals surface area contributed by atoms with Gasteiger partial charge in [0.05, 0.1) is 12.2 Å². The van der Waals surface area contributed by atoms with E-state index in [0.717, 1.165) is 32.5 Å². The van der Waals surface area contributed by atoms with Gasteiger partial charge in [0.2, 0.25) is 0 Å². The van der Waals surface area contributed by atoms with Gasteiger partial charge >= 0.3 is 12.1 Å². The van der Waals surface area contributed by atoms with Crippen LogP contribution in [0.2, 0.25) is 0 Å². The number of ether oxygens (including phenoxy) is 2. The maximum absolute atomic E-state index is 13.7. The zero-order chi connectivity index (χ0) is 22.5. The third-order valence-corrected chi connectivity index (χ3v) is 4.94. The van der Waals surface area contributed by atoms with Crippen molar-refractivity contribution in [1.29, 1.82) is 0 Å². The third-order valence-electron chi connectivity index (χ3n) is 4.94. The van der Waals surface area contributed by atoms with Crippen molar-refractivity contribution in [2.24, 2.45) is 0 Å². The summed E-state index contributed by atoms with van der Waals surface area (Å²) in [6.45, 7) is 3.21. The lowest BCUT2D eigenvalue weighted by atomic mass is 9.98. The summed E-state index contributed by atoms with van der Waals surface area (Å²) in [5.74, 6) is -3.12. The first kappa shape index (κ1) is 22.9. The van der Waals surface area contributed by atoms with Crippen LogP contribution in [0.25, 0.3) is 0 Å². The largest absolute Gasteiger partial charge is 0.490 e. The number of hydrogen-bond acceptors (Lipinski definition) is 6. The Labute approximate surface area is 175 Å². The summed E-state index contributed by atoms with van der Waals surface area (Å²) in [5.41, 5.74) is 1.02. The van der Waals surface area contributed by atoms with Crippen molar-refractivity contribution in [1.82, 2.24) is 14.9 Å². The molecule has 0 bridgehead atoms. The van der Waals surface area contributed by atoms with E-state index in [1.807, 2.05) is 12.3 Å². The van der Waals surface area contributed by atoms with E-state index in [2.05, 4.69) is 20.9 Å².